The predicted octanol–water partition coefficient (Wildman–Crippen LogP) is 3.17. The third kappa shape index (κ3) is 3.19. The molecule has 0 saturated carbocycles. The van der Waals surface area contributed by atoms with Crippen molar-refractivity contribution in [2.75, 3.05) is 0 Å². The van der Waals surface area contributed by atoms with E-state index in [0.29, 0.717) is 12.1 Å². The van der Waals surface area contributed by atoms with Crippen LogP contribution in [0.3, 0.4) is 0 Å². The van der Waals surface area contributed by atoms with Crippen LogP contribution >= 0.6 is 0 Å². The van der Waals surface area contributed by atoms with Gasteiger partial charge < -0.3 is 10.3 Å². The van der Waals surface area contributed by atoms with Crippen molar-refractivity contribution in [1.82, 2.24) is 9.55 Å². The van der Waals surface area contributed by atoms with Crippen molar-refractivity contribution in [3.8, 4) is 5.69 Å². The molecule has 0 bridgehead atoms. The van der Waals surface area contributed by atoms with Gasteiger partial charge in [0.05, 0.1) is 11.9 Å². The lowest BCUT2D eigenvalue weighted by atomic mass is 9.98. The first-order chi connectivity index (χ1) is 9.41. The number of nitrogens with zero attached hydrogens (tertiary/aromatic N) is 2. The van der Waals surface area contributed by atoms with E-state index < -0.39 is 11.7 Å². The Balaban J connectivity index is 2.43. The van der Waals surface area contributed by atoms with Crippen LogP contribution in [0, 0.1) is 0 Å². The van der Waals surface area contributed by atoms with Crippen LogP contribution < -0.4 is 5.73 Å². The number of nitrogens with two attached hydrogens (primary N) is 1. The molecule has 1 unspecified atom stereocenters. The molecule has 0 spiro atoms. The molecule has 20 heavy (non-hydrogen) atoms. The summed E-state index contributed by atoms with van der Waals surface area (Å²) in [5.74, 6) is 0. The molecule has 1 atom stereocenters. The molecule has 0 saturated heterocycles. The molecule has 1 aromatic heterocycles. The molecule has 0 radical (unpaired) electrons. The summed E-state index contributed by atoms with van der Waals surface area (Å²) in [6, 6.07) is 4.01. The lowest BCUT2D eigenvalue weighted by Gasteiger charge is -2.17. The Morgan fingerprint density at radius 2 is 2.10 bits per heavy atom. The normalized spacial score (nSPS) is 13.4. The molecule has 0 fully saturated rings. The molecule has 0 amide bonds. The smallest absolute Gasteiger partial charge is 0.327 e. The van der Waals surface area contributed by atoms with Crippen LogP contribution in [0.25, 0.3) is 5.69 Å². The van der Waals surface area contributed by atoms with Crippen molar-refractivity contribution < 1.29 is 13.2 Å². The Kier molecular flexibility index (Phi) is 4.13. The van der Waals surface area contributed by atoms with Gasteiger partial charge >= 0.3 is 6.18 Å². The Morgan fingerprint density at radius 3 is 2.65 bits per heavy atom. The average molecular weight is 283 g/mol. The summed E-state index contributed by atoms with van der Waals surface area (Å²) in [6.07, 6.45) is 1.06. The largest absolute Gasteiger partial charge is 0.416 e. The fourth-order valence-corrected chi connectivity index (χ4v) is 2.01. The quantitative estimate of drug-likeness (QED) is 0.936. The van der Waals surface area contributed by atoms with E-state index >= 15 is 0 Å². The molecule has 3 nitrogen and oxygen atoms in total. The minimum Gasteiger partial charge on any atom is -0.327 e. The van der Waals surface area contributed by atoms with Gasteiger partial charge in [-0.2, -0.15) is 13.2 Å². The molecule has 2 aromatic rings. The number of halogens is 3. The van der Waals surface area contributed by atoms with Crippen LogP contribution in [0.1, 0.15) is 24.5 Å². The molecule has 0 aliphatic rings. The van der Waals surface area contributed by atoms with Crippen LogP contribution in [0.4, 0.5) is 13.2 Å². The number of rotatable bonds is 4. The lowest BCUT2D eigenvalue weighted by molar-refractivity contribution is -0.138. The van der Waals surface area contributed by atoms with Crippen molar-refractivity contribution in [2.45, 2.75) is 32.0 Å². The van der Waals surface area contributed by atoms with E-state index in [4.69, 9.17) is 5.73 Å². The Bertz CT molecular complexity index is 562. The van der Waals surface area contributed by atoms with E-state index in [1.807, 2.05) is 6.92 Å². The number of alkyl halides is 3. The summed E-state index contributed by atoms with van der Waals surface area (Å²) in [6.45, 7) is 1.86. The van der Waals surface area contributed by atoms with E-state index in [1.165, 1.54) is 18.6 Å². The second-order valence-electron chi connectivity index (χ2n) is 4.68. The molecule has 0 aliphatic carbocycles. The fourth-order valence-electron chi connectivity index (χ4n) is 2.01. The minimum absolute atomic E-state index is 0.218. The highest BCUT2D eigenvalue weighted by Crippen LogP contribution is 2.34. The van der Waals surface area contributed by atoms with Crippen LogP contribution in [0.2, 0.25) is 0 Å². The fraction of sp³-hybridized carbons (Fsp3) is 0.357. The van der Waals surface area contributed by atoms with Gasteiger partial charge in [0.15, 0.2) is 0 Å². The first kappa shape index (κ1) is 14.6. The zero-order chi connectivity index (χ0) is 14.8. The van der Waals surface area contributed by atoms with Gasteiger partial charge in [-0.3, -0.25) is 0 Å². The first-order valence-electron chi connectivity index (χ1n) is 6.36. The highest BCUT2D eigenvalue weighted by Gasteiger charge is 2.33. The zero-order valence-electron chi connectivity index (χ0n) is 11.1. The van der Waals surface area contributed by atoms with E-state index in [1.54, 1.807) is 16.8 Å². The highest BCUT2D eigenvalue weighted by atomic mass is 19.4. The molecule has 108 valence electrons. The Hall–Kier alpha value is -1.82. The van der Waals surface area contributed by atoms with Gasteiger partial charge in [-0.05, 0) is 30.5 Å². The zero-order valence-corrected chi connectivity index (χ0v) is 11.1. The third-order valence-electron chi connectivity index (χ3n) is 3.21. The summed E-state index contributed by atoms with van der Waals surface area (Å²) in [5, 5.41) is 0. The van der Waals surface area contributed by atoms with Crippen LogP contribution in [-0.4, -0.2) is 15.6 Å². The number of hydrogen-bond donors (Lipinski definition) is 1. The maximum Gasteiger partial charge on any atom is 0.416 e. The molecule has 1 heterocycles. The number of aromatic nitrogens is 2. The number of imidazole rings is 1. The molecular formula is C14H16F3N3. The van der Waals surface area contributed by atoms with E-state index in [2.05, 4.69) is 4.98 Å². The Morgan fingerprint density at radius 1 is 1.35 bits per heavy atom. The van der Waals surface area contributed by atoms with E-state index in [9.17, 15) is 13.2 Å². The topological polar surface area (TPSA) is 43.8 Å². The van der Waals surface area contributed by atoms with Crippen molar-refractivity contribution in [3.63, 3.8) is 0 Å². The standard InChI is InChI=1S/C14H16F3N3/c1-2-11(18)7-10-3-4-12(20-6-5-19-9-20)8-13(10)14(15,16)17/h3-6,8-9,11H,2,7,18H2,1H3. The second kappa shape index (κ2) is 5.66. The second-order valence-corrected chi connectivity index (χ2v) is 4.68. The van der Waals surface area contributed by atoms with Crippen LogP contribution in [0.5, 0.6) is 0 Å². The summed E-state index contributed by atoms with van der Waals surface area (Å²) in [4.78, 5) is 3.84. The average Bonchev–Trinajstić information content (AvgIpc) is 2.91. The van der Waals surface area contributed by atoms with Crippen molar-refractivity contribution in [1.29, 1.82) is 0 Å². The lowest BCUT2D eigenvalue weighted by Crippen LogP contribution is -2.23. The molecule has 2 rings (SSSR count). The maximum absolute atomic E-state index is 13.2. The van der Waals surface area contributed by atoms with Crippen LogP contribution in [0.15, 0.2) is 36.9 Å². The van der Waals surface area contributed by atoms with E-state index in [0.717, 1.165) is 6.07 Å². The van der Waals surface area contributed by atoms with Gasteiger partial charge in [0.2, 0.25) is 0 Å². The minimum atomic E-state index is -4.39. The predicted molar refractivity (Wildman–Crippen MR) is 70.5 cm³/mol. The van der Waals surface area contributed by atoms with Crippen molar-refractivity contribution in [3.05, 3.63) is 48.0 Å². The van der Waals surface area contributed by atoms with Crippen LogP contribution in [-0.2, 0) is 12.6 Å². The molecule has 1 aromatic carbocycles. The van der Waals surface area contributed by atoms with Gasteiger partial charge in [0.25, 0.3) is 0 Å². The molecular weight excluding hydrogens is 267 g/mol. The maximum atomic E-state index is 13.2. The van der Waals surface area contributed by atoms with Gasteiger partial charge in [0.1, 0.15) is 0 Å². The molecule has 2 N–H and O–H groups in total. The number of benzene rings is 1. The van der Waals surface area contributed by atoms with Gasteiger partial charge in [0, 0.05) is 24.1 Å². The monoisotopic (exact) mass is 283 g/mol. The summed E-state index contributed by atoms with van der Waals surface area (Å²) >= 11 is 0. The van der Waals surface area contributed by atoms with Gasteiger partial charge in [-0.15, -0.1) is 0 Å². The third-order valence-corrected chi connectivity index (χ3v) is 3.21. The number of hydrogen-bond acceptors (Lipinski definition) is 2. The van der Waals surface area contributed by atoms with Crippen molar-refractivity contribution in [2.24, 2.45) is 5.73 Å². The summed E-state index contributed by atoms with van der Waals surface area (Å²) < 4.78 is 41.0. The summed E-state index contributed by atoms with van der Waals surface area (Å²) in [7, 11) is 0. The van der Waals surface area contributed by atoms with Crippen molar-refractivity contribution >= 4 is 0 Å². The summed E-state index contributed by atoms with van der Waals surface area (Å²) in [5.41, 5.74) is 5.80. The molecule has 6 heteroatoms. The van der Waals surface area contributed by atoms with Gasteiger partial charge in [-0.25, -0.2) is 4.98 Å². The molecule has 0 aliphatic heterocycles. The Labute approximate surface area is 115 Å². The SMILES string of the molecule is CCC(N)Cc1ccc(-n2ccnc2)cc1C(F)(F)F. The first-order valence-corrected chi connectivity index (χ1v) is 6.36. The van der Waals surface area contributed by atoms with Gasteiger partial charge in [-0.1, -0.05) is 13.0 Å². The highest BCUT2D eigenvalue weighted by molar-refractivity contribution is 5.42. The van der Waals surface area contributed by atoms with E-state index in [-0.39, 0.29) is 18.0 Å².